The highest BCUT2D eigenvalue weighted by Crippen LogP contribution is 2.32. The Labute approximate surface area is 112 Å². The number of fused-ring (bicyclic) bond motifs is 1. The van der Waals surface area contributed by atoms with Crippen LogP contribution in [0.4, 0.5) is 0 Å². The van der Waals surface area contributed by atoms with Gasteiger partial charge in [-0.25, -0.2) is 0 Å². The van der Waals surface area contributed by atoms with Crippen molar-refractivity contribution in [3.63, 3.8) is 0 Å². The van der Waals surface area contributed by atoms with Gasteiger partial charge in [0.2, 0.25) is 0 Å². The van der Waals surface area contributed by atoms with Crippen LogP contribution in [0, 0.1) is 11.8 Å². The zero-order chi connectivity index (χ0) is 13.8. The molecule has 4 nitrogen and oxygen atoms in total. The van der Waals surface area contributed by atoms with Crippen LogP contribution in [-0.4, -0.2) is 25.0 Å². The number of ketones is 1. The maximum absolute atomic E-state index is 12.4. The Kier molecular flexibility index (Phi) is 4.20. The Morgan fingerprint density at radius 1 is 1.42 bits per heavy atom. The highest BCUT2D eigenvalue weighted by atomic mass is 16.5. The molecule has 1 aromatic carbocycles. The molecule has 0 aliphatic carbocycles. The Hall–Kier alpha value is -1.84. The highest BCUT2D eigenvalue weighted by molar-refractivity contribution is 6.03. The minimum Gasteiger partial charge on any atom is -0.492 e. The third-order valence-electron chi connectivity index (χ3n) is 3.42. The molecule has 0 radical (unpaired) electrons. The number of carbonyl (C=O) groups excluding carboxylic acids is 2. The zero-order valence-corrected chi connectivity index (χ0v) is 11.2. The lowest BCUT2D eigenvalue weighted by atomic mass is 9.83. The largest absolute Gasteiger partial charge is 0.492 e. The zero-order valence-electron chi connectivity index (χ0n) is 11.2. The van der Waals surface area contributed by atoms with Gasteiger partial charge >= 0.3 is 5.97 Å². The van der Waals surface area contributed by atoms with Gasteiger partial charge in [-0.1, -0.05) is 19.1 Å². The Balaban J connectivity index is 2.23. The first-order chi connectivity index (χ1) is 9.19. The van der Waals surface area contributed by atoms with E-state index >= 15 is 0 Å². The number of esters is 1. The number of ether oxygens (including phenoxy) is 2. The van der Waals surface area contributed by atoms with Crippen molar-refractivity contribution in [2.24, 2.45) is 11.8 Å². The molecule has 0 unspecified atom stereocenters. The van der Waals surface area contributed by atoms with Crippen LogP contribution < -0.4 is 4.74 Å². The number of para-hydroxylation sites is 1. The lowest BCUT2D eigenvalue weighted by Gasteiger charge is -2.28. The first kappa shape index (κ1) is 13.6. The summed E-state index contributed by atoms with van der Waals surface area (Å²) >= 11 is 0. The van der Waals surface area contributed by atoms with Gasteiger partial charge in [0.15, 0.2) is 5.78 Å². The lowest BCUT2D eigenvalue weighted by molar-refractivity contribution is -0.150. The Bertz CT molecular complexity index is 481. The van der Waals surface area contributed by atoms with E-state index in [1.165, 1.54) is 0 Å². The van der Waals surface area contributed by atoms with E-state index in [9.17, 15) is 9.59 Å². The highest BCUT2D eigenvalue weighted by Gasteiger charge is 2.38. The van der Waals surface area contributed by atoms with Crippen molar-refractivity contribution in [3.05, 3.63) is 29.8 Å². The fourth-order valence-corrected chi connectivity index (χ4v) is 2.41. The van der Waals surface area contributed by atoms with E-state index in [0.29, 0.717) is 24.3 Å². The van der Waals surface area contributed by atoms with Crippen LogP contribution in [0.25, 0.3) is 0 Å². The molecule has 0 N–H and O–H groups in total. The van der Waals surface area contributed by atoms with E-state index < -0.39 is 11.8 Å². The molecule has 0 saturated heterocycles. The second-order valence-corrected chi connectivity index (χ2v) is 4.54. The van der Waals surface area contributed by atoms with Gasteiger partial charge in [-0.3, -0.25) is 9.59 Å². The van der Waals surface area contributed by atoms with Crippen molar-refractivity contribution in [2.75, 3.05) is 13.2 Å². The first-order valence-corrected chi connectivity index (χ1v) is 6.61. The van der Waals surface area contributed by atoms with Gasteiger partial charge in [0.05, 0.1) is 30.6 Å². The summed E-state index contributed by atoms with van der Waals surface area (Å²) in [5.41, 5.74) is 0.557. The van der Waals surface area contributed by atoms with Crippen LogP contribution in [-0.2, 0) is 9.53 Å². The number of benzene rings is 1. The van der Waals surface area contributed by atoms with Gasteiger partial charge in [-0.2, -0.15) is 0 Å². The Morgan fingerprint density at radius 2 is 2.16 bits per heavy atom. The van der Waals surface area contributed by atoms with Gasteiger partial charge in [0.25, 0.3) is 0 Å². The van der Waals surface area contributed by atoms with E-state index in [1.807, 2.05) is 13.0 Å². The maximum atomic E-state index is 12.4. The van der Waals surface area contributed by atoms with Crippen LogP contribution in [0.15, 0.2) is 24.3 Å². The van der Waals surface area contributed by atoms with Crippen LogP contribution in [0.1, 0.15) is 30.6 Å². The van der Waals surface area contributed by atoms with E-state index in [1.54, 1.807) is 25.1 Å². The Morgan fingerprint density at radius 3 is 2.84 bits per heavy atom. The standard InChI is InChI=1S/C15H18O4/c1-3-10(15(17)18-4-2)12-9-19-13-8-6-5-7-11(13)14(12)16/h5-8,10,12H,3-4,9H2,1-2H3/t10-,12-/m1/s1. The number of carbonyl (C=O) groups is 2. The molecule has 0 aromatic heterocycles. The summed E-state index contributed by atoms with van der Waals surface area (Å²) in [7, 11) is 0. The predicted molar refractivity (Wildman–Crippen MR) is 70.2 cm³/mol. The fourth-order valence-electron chi connectivity index (χ4n) is 2.41. The minimum absolute atomic E-state index is 0.0262. The molecule has 1 aliphatic rings. The van der Waals surface area contributed by atoms with Crippen molar-refractivity contribution in [1.82, 2.24) is 0 Å². The summed E-state index contributed by atoms with van der Waals surface area (Å²) in [5, 5.41) is 0. The van der Waals surface area contributed by atoms with Crippen LogP contribution in [0.5, 0.6) is 5.75 Å². The summed E-state index contributed by atoms with van der Waals surface area (Å²) in [5.74, 6) is -0.615. The van der Waals surface area contributed by atoms with Crippen LogP contribution >= 0.6 is 0 Å². The molecule has 1 aliphatic heterocycles. The second-order valence-electron chi connectivity index (χ2n) is 4.54. The van der Waals surface area contributed by atoms with Gasteiger partial charge in [0.1, 0.15) is 5.75 Å². The third-order valence-corrected chi connectivity index (χ3v) is 3.42. The average Bonchev–Trinajstić information content (AvgIpc) is 2.43. The molecular formula is C15H18O4. The molecular weight excluding hydrogens is 244 g/mol. The molecule has 0 fully saturated rings. The number of Topliss-reactive ketones (excluding diaryl/α,β-unsaturated/α-hetero) is 1. The monoisotopic (exact) mass is 262 g/mol. The molecule has 1 aromatic rings. The smallest absolute Gasteiger partial charge is 0.309 e. The molecule has 0 bridgehead atoms. The maximum Gasteiger partial charge on any atom is 0.309 e. The summed E-state index contributed by atoms with van der Waals surface area (Å²) in [4.78, 5) is 24.3. The summed E-state index contributed by atoms with van der Waals surface area (Å²) in [6, 6.07) is 7.14. The van der Waals surface area contributed by atoms with E-state index in [4.69, 9.17) is 9.47 Å². The van der Waals surface area contributed by atoms with Crippen molar-refractivity contribution < 1.29 is 19.1 Å². The molecule has 0 amide bonds. The predicted octanol–water partition coefficient (Wildman–Crippen LogP) is 2.47. The van der Waals surface area contributed by atoms with Crippen molar-refractivity contribution >= 4 is 11.8 Å². The number of hydrogen-bond acceptors (Lipinski definition) is 4. The average molecular weight is 262 g/mol. The molecule has 0 spiro atoms. The molecule has 2 rings (SSSR count). The summed E-state index contributed by atoms with van der Waals surface area (Å²) in [6.07, 6.45) is 0.570. The molecule has 1 heterocycles. The number of rotatable bonds is 4. The summed E-state index contributed by atoms with van der Waals surface area (Å²) < 4.78 is 10.6. The first-order valence-electron chi connectivity index (χ1n) is 6.61. The molecule has 19 heavy (non-hydrogen) atoms. The number of hydrogen-bond donors (Lipinski definition) is 0. The fraction of sp³-hybridized carbons (Fsp3) is 0.467. The molecule has 102 valence electrons. The molecule has 2 atom stereocenters. The van der Waals surface area contributed by atoms with E-state index in [-0.39, 0.29) is 18.4 Å². The van der Waals surface area contributed by atoms with Gasteiger partial charge < -0.3 is 9.47 Å². The summed E-state index contributed by atoms with van der Waals surface area (Å²) in [6.45, 7) is 4.22. The topological polar surface area (TPSA) is 52.6 Å². The van der Waals surface area contributed by atoms with Crippen molar-refractivity contribution in [3.8, 4) is 5.75 Å². The van der Waals surface area contributed by atoms with Crippen LogP contribution in [0.3, 0.4) is 0 Å². The molecule has 4 heteroatoms. The van der Waals surface area contributed by atoms with Gasteiger partial charge in [-0.15, -0.1) is 0 Å². The van der Waals surface area contributed by atoms with Crippen LogP contribution in [0.2, 0.25) is 0 Å². The third kappa shape index (κ3) is 2.62. The van der Waals surface area contributed by atoms with Crippen molar-refractivity contribution in [2.45, 2.75) is 20.3 Å². The lowest BCUT2D eigenvalue weighted by Crippen LogP contribution is -2.38. The minimum atomic E-state index is -0.445. The normalized spacial score (nSPS) is 19.3. The quantitative estimate of drug-likeness (QED) is 0.782. The van der Waals surface area contributed by atoms with Crippen molar-refractivity contribution in [1.29, 1.82) is 0 Å². The van der Waals surface area contributed by atoms with E-state index in [0.717, 1.165) is 0 Å². The molecule has 0 saturated carbocycles. The SMILES string of the molecule is CCOC(=O)[C@H](CC)[C@H]1COc2ccccc2C1=O. The van der Waals surface area contributed by atoms with Gasteiger partial charge in [-0.05, 0) is 25.5 Å². The van der Waals surface area contributed by atoms with Gasteiger partial charge in [0, 0.05) is 0 Å². The second kappa shape index (κ2) is 5.87. The van der Waals surface area contributed by atoms with E-state index in [2.05, 4.69) is 0 Å².